The van der Waals surface area contributed by atoms with Crippen molar-refractivity contribution in [3.05, 3.63) is 16.6 Å². The Morgan fingerprint density at radius 2 is 2.14 bits per heavy atom. The van der Waals surface area contributed by atoms with Crippen LogP contribution in [0.15, 0.2) is 6.07 Å². The van der Waals surface area contributed by atoms with Crippen LogP contribution in [-0.4, -0.2) is 21.4 Å². The summed E-state index contributed by atoms with van der Waals surface area (Å²) in [5, 5.41) is 9.75. The Hall–Kier alpha value is -0.740. The maximum atomic E-state index is 11.7. The molecule has 0 saturated carbocycles. The predicted octanol–water partition coefficient (Wildman–Crippen LogP) is 2.04. The van der Waals surface area contributed by atoms with Gasteiger partial charge in [0, 0.05) is 0 Å². The van der Waals surface area contributed by atoms with Crippen LogP contribution in [0.5, 0.6) is 0 Å². The number of aryl methyl sites for hydroxylation is 1. The standard InChI is InChI=1S/C10H15NO2S/c1-6-5-7(14-11-6)8(12)9(13)10(2,3)4/h5,9,13H,1-4H3. The van der Waals surface area contributed by atoms with Crippen LogP contribution in [0.4, 0.5) is 0 Å². The number of Topliss-reactive ketones (excluding diaryl/α,β-unsaturated/α-hetero) is 1. The second kappa shape index (κ2) is 3.79. The van der Waals surface area contributed by atoms with Gasteiger partial charge in [-0.05, 0) is 29.9 Å². The van der Waals surface area contributed by atoms with Gasteiger partial charge in [0.1, 0.15) is 6.10 Å². The van der Waals surface area contributed by atoms with Gasteiger partial charge >= 0.3 is 0 Å². The Kier molecular flexibility index (Phi) is 3.07. The van der Waals surface area contributed by atoms with Crippen molar-refractivity contribution in [2.45, 2.75) is 33.8 Å². The summed E-state index contributed by atoms with van der Waals surface area (Å²) in [7, 11) is 0. The minimum atomic E-state index is -0.956. The van der Waals surface area contributed by atoms with Gasteiger partial charge in [0.2, 0.25) is 5.78 Å². The highest BCUT2D eigenvalue weighted by Gasteiger charge is 2.30. The largest absolute Gasteiger partial charge is 0.384 e. The quantitative estimate of drug-likeness (QED) is 0.765. The highest BCUT2D eigenvalue weighted by molar-refractivity contribution is 7.08. The van der Waals surface area contributed by atoms with E-state index in [0.717, 1.165) is 17.2 Å². The van der Waals surface area contributed by atoms with Gasteiger partial charge in [-0.1, -0.05) is 20.8 Å². The fourth-order valence-corrected chi connectivity index (χ4v) is 1.73. The summed E-state index contributed by atoms with van der Waals surface area (Å²) in [5.41, 5.74) is 0.397. The van der Waals surface area contributed by atoms with Crippen molar-refractivity contribution < 1.29 is 9.90 Å². The summed E-state index contributed by atoms with van der Waals surface area (Å²) in [6.45, 7) is 7.34. The first-order valence-electron chi connectivity index (χ1n) is 4.48. The van der Waals surface area contributed by atoms with E-state index in [0.29, 0.717) is 4.88 Å². The normalized spacial score (nSPS) is 14.1. The zero-order valence-corrected chi connectivity index (χ0v) is 9.68. The molecule has 1 unspecified atom stereocenters. The van der Waals surface area contributed by atoms with Crippen molar-refractivity contribution in [2.24, 2.45) is 5.41 Å². The van der Waals surface area contributed by atoms with E-state index in [1.165, 1.54) is 0 Å². The molecule has 1 N–H and O–H groups in total. The molecule has 0 aromatic carbocycles. The fraction of sp³-hybridized carbons (Fsp3) is 0.600. The Bertz CT molecular complexity index is 338. The van der Waals surface area contributed by atoms with Crippen molar-refractivity contribution in [3.8, 4) is 0 Å². The van der Waals surface area contributed by atoms with Gasteiger partial charge in [0.15, 0.2) is 0 Å². The molecule has 14 heavy (non-hydrogen) atoms. The van der Waals surface area contributed by atoms with Crippen LogP contribution < -0.4 is 0 Å². The number of nitrogens with zero attached hydrogens (tertiary/aromatic N) is 1. The minimum absolute atomic E-state index is 0.233. The van der Waals surface area contributed by atoms with E-state index in [4.69, 9.17) is 0 Å². The van der Waals surface area contributed by atoms with E-state index >= 15 is 0 Å². The molecule has 0 saturated heterocycles. The van der Waals surface area contributed by atoms with Gasteiger partial charge in [-0.25, -0.2) is 0 Å². The lowest BCUT2D eigenvalue weighted by Crippen LogP contribution is -2.33. The Morgan fingerprint density at radius 1 is 1.57 bits per heavy atom. The molecule has 1 atom stereocenters. The second-order valence-electron chi connectivity index (χ2n) is 4.47. The van der Waals surface area contributed by atoms with Gasteiger partial charge in [-0.3, -0.25) is 4.79 Å². The summed E-state index contributed by atoms with van der Waals surface area (Å²) in [6, 6.07) is 1.71. The Labute approximate surface area is 87.9 Å². The van der Waals surface area contributed by atoms with Crippen LogP contribution in [0.25, 0.3) is 0 Å². The minimum Gasteiger partial charge on any atom is -0.384 e. The molecule has 0 amide bonds. The van der Waals surface area contributed by atoms with Crippen molar-refractivity contribution in [1.82, 2.24) is 4.37 Å². The highest BCUT2D eigenvalue weighted by atomic mass is 32.1. The number of rotatable bonds is 2. The topological polar surface area (TPSA) is 50.2 Å². The molecule has 0 aliphatic carbocycles. The van der Waals surface area contributed by atoms with Crippen LogP contribution in [-0.2, 0) is 0 Å². The summed E-state index contributed by atoms with van der Waals surface area (Å²) in [6.07, 6.45) is -0.956. The van der Waals surface area contributed by atoms with E-state index in [1.54, 1.807) is 6.07 Å². The van der Waals surface area contributed by atoms with Gasteiger partial charge in [0.05, 0.1) is 10.6 Å². The molecule has 1 heterocycles. The third kappa shape index (κ3) is 2.39. The summed E-state index contributed by atoms with van der Waals surface area (Å²) < 4.78 is 4.01. The Morgan fingerprint density at radius 3 is 2.50 bits per heavy atom. The first kappa shape index (κ1) is 11.3. The van der Waals surface area contributed by atoms with E-state index in [-0.39, 0.29) is 5.78 Å². The van der Waals surface area contributed by atoms with Crippen LogP contribution in [0.1, 0.15) is 36.1 Å². The molecule has 1 aromatic rings. The van der Waals surface area contributed by atoms with Crippen molar-refractivity contribution >= 4 is 17.3 Å². The number of ketones is 1. The highest BCUT2D eigenvalue weighted by Crippen LogP contribution is 2.24. The van der Waals surface area contributed by atoms with Crippen LogP contribution >= 0.6 is 11.5 Å². The number of carbonyl (C=O) groups excluding carboxylic acids is 1. The number of hydrogen-bond donors (Lipinski definition) is 1. The SMILES string of the molecule is Cc1cc(C(=O)C(O)C(C)(C)C)sn1. The smallest absolute Gasteiger partial charge is 0.203 e. The fourth-order valence-electron chi connectivity index (χ4n) is 1.01. The van der Waals surface area contributed by atoms with Crippen LogP contribution in [0, 0.1) is 12.3 Å². The van der Waals surface area contributed by atoms with Crippen molar-refractivity contribution in [3.63, 3.8) is 0 Å². The number of carbonyl (C=O) groups is 1. The molecule has 1 aromatic heterocycles. The average Bonchev–Trinajstić information content (AvgIpc) is 2.47. The number of aliphatic hydroxyl groups is 1. The Balaban J connectivity index is 2.86. The van der Waals surface area contributed by atoms with Crippen molar-refractivity contribution in [2.75, 3.05) is 0 Å². The zero-order chi connectivity index (χ0) is 10.9. The first-order chi connectivity index (χ1) is 6.32. The molecule has 3 nitrogen and oxygen atoms in total. The van der Waals surface area contributed by atoms with Crippen molar-refractivity contribution in [1.29, 1.82) is 0 Å². The zero-order valence-electron chi connectivity index (χ0n) is 8.87. The third-order valence-corrected chi connectivity index (χ3v) is 2.83. The van der Waals surface area contributed by atoms with Gasteiger partial charge in [-0.15, -0.1) is 0 Å². The lowest BCUT2D eigenvalue weighted by Gasteiger charge is -2.23. The first-order valence-corrected chi connectivity index (χ1v) is 5.25. The van der Waals surface area contributed by atoms with E-state index < -0.39 is 11.5 Å². The van der Waals surface area contributed by atoms with Gasteiger partial charge in [0.25, 0.3) is 0 Å². The van der Waals surface area contributed by atoms with Gasteiger partial charge in [-0.2, -0.15) is 4.37 Å². The lowest BCUT2D eigenvalue weighted by atomic mass is 9.86. The maximum absolute atomic E-state index is 11.7. The molecule has 0 aliphatic heterocycles. The molecule has 0 aliphatic rings. The van der Waals surface area contributed by atoms with Gasteiger partial charge < -0.3 is 5.11 Å². The molecule has 0 fully saturated rings. The van der Waals surface area contributed by atoms with E-state index in [9.17, 15) is 9.90 Å². The maximum Gasteiger partial charge on any atom is 0.203 e. The molecule has 78 valence electrons. The van der Waals surface area contributed by atoms with E-state index in [1.807, 2.05) is 27.7 Å². The van der Waals surface area contributed by atoms with Crippen LogP contribution in [0.2, 0.25) is 0 Å². The summed E-state index contributed by atoms with van der Waals surface area (Å²) in [4.78, 5) is 12.3. The number of aliphatic hydroxyl groups excluding tert-OH is 1. The molecular weight excluding hydrogens is 198 g/mol. The lowest BCUT2D eigenvalue weighted by molar-refractivity contribution is 0.0447. The summed E-state index contributed by atoms with van der Waals surface area (Å²) >= 11 is 1.14. The molecule has 0 spiro atoms. The second-order valence-corrected chi connectivity index (χ2v) is 5.27. The molecule has 1 rings (SSSR count). The number of aromatic nitrogens is 1. The predicted molar refractivity (Wildman–Crippen MR) is 56.6 cm³/mol. The third-order valence-electron chi connectivity index (χ3n) is 1.94. The van der Waals surface area contributed by atoms with Crippen LogP contribution in [0.3, 0.4) is 0 Å². The monoisotopic (exact) mass is 213 g/mol. The average molecular weight is 213 g/mol. The molecule has 0 bridgehead atoms. The summed E-state index contributed by atoms with van der Waals surface area (Å²) in [5.74, 6) is -0.233. The molecular formula is C10H15NO2S. The molecule has 0 radical (unpaired) electrons. The number of hydrogen-bond acceptors (Lipinski definition) is 4. The van der Waals surface area contributed by atoms with E-state index in [2.05, 4.69) is 4.37 Å². The molecule has 4 heteroatoms.